The third-order valence-electron chi connectivity index (χ3n) is 10.5. The van der Waals surface area contributed by atoms with E-state index < -0.39 is 5.60 Å². The van der Waals surface area contributed by atoms with Gasteiger partial charge in [-0.25, -0.2) is 0 Å². The molecule has 0 heterocycles. The average molecular weight is 423 g/mol. The van der Waals surface area contributed by atoms with E-state index in [1.165, 1.54) is 44.1 Å². The minimum absolute atomic E-state index is 0.224. The predicted octanol–water partition coefficient (Wildman–Crippen LogP) is 6.77. The summed E-state index contributed by atoms with van der Waals surface area (Å²) >= 11 is 0. The van der Waals surface area contributed by atoms with Crippen LogP contribution in [0.15, 0.2) is 30.3 Å². The Balaban J connectivity index is 1.28. The molecule has 5 rings (SSSR count). The molecule has 0 unspecified atom stereocenters. The fourth-order valence-corrected chi connectivity index (χ4v) is 8.95. The van der Waals surface area contributed by atoms with Gasteiger partial charge in [-0.2, -0.15) is 0 Å². The summed E-state index contributed by atoms with van der Waals surface area (Å²) in [7, 11) is 0. The summed E-state index contributed by atoms with van der Waals surface area (Å²) in [5.41, 5.74) is 1.09. The lowest BCUT2D eigenvalue weighted by Crippen LogP contribution is -2.51. The van der Waals surface area contributed by atoms with Gasteiger partial charge in [0, 0.05) is 12.3 Å². The molecule has 0 saturated heterocycles. The predicted molar refractivity (Wildman–Crippen MR) is 126 cm³/mol. The number of fused-ring (bicyclic) bond motifs is 5. The van der Waals surface area contributed by atoms with E-state index in [0.717, 1.165) is 48.9 Å². The summed E-state index contributed by atoms with van der Waals surface area (Å²) < 4.78 is 0. The van der Waals surface area contributed by atoms with Crippen molar-refractivity contribution in [3.05, 3.63) is 35.9 Å². The molecule has 4 fully saturated rings. The second kappa shape index (κ2) is 8.01. The molecule has 170 valence electrons. The molecule has 0 amide bonds. The monoisotopic (exact) mass is 422 g/mol. The number of hydrogen-bond donors (Lipinski definition) is 1. The Morgan fingerprint density at radius 3 is 2.48 bits per heavy atom. The van der Waals surface area contributed by atoms with Gasteiger partial charge in [0.25, 0.3) is 0 Å². The van der Waals surface area contributed by atoms with Crippen LogP contribution in [0.4, 0.5) is 0 Å². The largest absolute Gasteiger partial charge is 0.390 e. The van der Waals surface area contributed by atoms with Gasteiger partial charge >= 0.3 is 0 Å². The molecule has 31 heavy (non-hydrogen) atoms. The van der Waals surface area contributed by atoms with E-state index in [4.69, 9.17) is 0 Å². The zero-order valence-electron chi connectivity index (χ0n) is 19.9. The van der Waals surface area contributed by atoms with Gasteiger partial charge in [0.05, 0.1) is 5.60 Å². The highest BCUT2D eigenvalue weighted by Gasteiger charge is 2.58. The van der Waals surface area contributed by atoms with Crippen LogP contribution in [0.2, 0.25) is 0 Å². The molecule has 2 nitrogen and oxygen atoms in total. The average Bonchev–Trinajstić information content (AvgIpc) is 3.10. The van der Waals surface area contributed by atoms with Crippen molar-refractivity contribution in [3.63, 3.8) is 0 Å². The molecule has 2 heteroatoms. The first-order valence-corrected chi connectivity index (χ1v) is 13.1. The summed E-state index contributed by atoms with van der Waals surface area (Å²) in [6.07, 6.45) is 11.5. The molecule has 0 spiro atoms. The zero-order valence-corrected chi connectivity index (χ0v) is 19.9. The Labute approximate surface area is 189 Å². The van der Waals surface area contributed by atoms with Gasteiger partial charge < -0.3 is 5.11 Å². The fraction of sp³-hybridized carbons (Fsp3) is 0.759. The van der Waals surface area contributed by atoms with Crippen molar-refractivity contribution in [2.75, 3.05) is 0 Å². The van der Waals surface area contributed by atoms with Crippen LogP contribution in [-0.2, 0) is 4.79 Å². The van der Waals surface area contributed by atoms with Crippen molar-refractivity contribution in [2.24, 2.45) is 40.9 Å². The van der Waals surface area contributed by atoms with Crippen molar-refractivity contribution in [2.45, 2.75) is 96.5 Å². The molecule has 0 bridgehead atoms. The molecular weight excluding hydrogens is 380 g/mol. The summed E-state index contributed by atoms with van der Waals surface area (Å²) in [5, 5.41) is 10.6. The minimum Gasteiger partial charge on any atom is -0.390 e. The van der Waals surface area contributed by atoms with Crippen molar-refractivity contribution in [1.82, 2.24) is 0 Å². The molecule has 4 aliphatic rings. The lowest BCUT2D eigenvalue weighted by Gasteiger charge is -2.56. The van der Waals surface area contributed by atoms with Gasteiger partial charge in [-0.3, -0.25) is 4.79 Å². The number of aliphatic hydroxyl groups is 1. The third-order valence-corrected chi connectivity index (χ3v) is 10.5. The van der Waals surface area contributed by atoms with Gasteiger partial charge in [-0.05, 0) is 111 Å². The Hall–Kier alpha value is -1.15. The Kier molecular flexibility index (Phi) is 5.60. The standard InChI is InChI=1S/C29H42O2/c1-19(20-7-5-4-6-8-20)17-27(30)26-12-11-25-24-10-9-21-18-28(2,31)15-13-22(21)23(24)14-16-29(25,26)3/h4-8,19,21-26,31H,9-18H2,1-3H3/t19-,21-,22+,23-,24-,25+,26-,28-,29+/m1/s1. The molecule has 4 aliphatic carbocycles. The maximum atomic E-state index is 13.5. The molecule has 1 N–H and O–H groups in total. The highest BCUT2D eigenvalue weighted by molar-refractivity contribution is 5.83. The quantitative estimate of drug-likeness (QED) is 0.581. The van der Waals surface area contributed by atoms with Crippen LogP contribution in [0, 0.1) is 40.9 Å². The molecular formula is C29H42O2. The van der Waals surface area contributed by atoms with Gasteiger partial charge in [-0.1, -0.05) is 44.2 Å². The maximum absolute atomic E-state index is 13.5. The van der Waals surface area contributed by atoms with E-state index in [1.54, 1.807) is 0 Å². The van der Waals surface area contributed by atoms with E-state index in [-0.39, 0.29) is 11.3 Å². The van der Waals surface area contributed by atoms with Crippen molar-refractivity contribution >= 4 is 5.78 Å². The fourth-order valence-electron chi connectivity index (χ4n) is 8.95. The summed E-state index contributed by atoms with van der Waals surface area (Å²) in [6.45, 7) is 6.75. The minimum atomic E-state index is -0.433. The number of benzene rings is 1. The lowest BCUT2D eigenvalue weighted by molar-refractivity contribution is -0.132. The van der Waals surface area contributed by atoms with Crippen molar-refractivity contribution < 1.29 is 9.90 Å². The molecule has 0 aliphatic heterocycles. The van der Waals surface area contributed by atoms with Crippen LogP contribution in [-0.4, -0.2) is 16.5 Å². The van der Waals surface area contributed by atoms with Crippen LogP contribution >= 0.6 is 0 Å². The summed E-state index contributed by atoms with van der Waals surface area (Å²) in [6, 6.07) is 10.6. The summed E-state index contributed by atoms with van der Waals surface area (Å²) in [4.78, 5) is 13.5. The van der Waals surface area contributed by atoms with Crippen molar-refractivity contribution in [1.29, 1.82) is 0 Å². The van der Waals surface area contributed by atoms with Gasteiger partial charge in [-0.15, -0.1) is 0 Å². The smallest absolute Gasteiger partial charge is 0.137 e. The van der Waals surface area contributed by atoms with Crippen molar-refractivity contribution in [3.8, 4) is 0 Å². The number of hydrogen-bond acceptors (Lipinski definition) is 2. The van der Waals surface area contributed by atoms with Crippen LogP contribution in [0.5, 0.6) is 0 Å². The molecule has 0 radical (unpaired) electrons. The first kappa shape index (κ1) is 21.7. The molecule has 0 aromatic heterocycles. The van der Waals surface area contributed by atoms with E-state index in [1.807, 2.05) is 0 Å². The van der Waals surface area contributed by atoms with Crippen LogP contribution in [0.3, 0.4) is 0 Å². The molecule has 1 aromatic carbocycles. The Morgan fingerprint density at radius 1 is 0.968 bits per heavy atom. The van der Waals surface area contributed by atoms with E-state index in [0.29, 0.717) is 18.1 Å². The number of carbonyl (C=O) groups excluding carboxylic acids is 1. The number of carbonyl (C=O) groups is 1. The first-order valence-electron chi connectivity index (χ1n) is 13.1. The third kappa shape index (κ3) is 3.81. The number of rotatable bonds is 4. The van der Waals surface area contributed by atoms with Gasteiger partial charge in [0.1, 0.15) is 5.78 Å². The maximum Gasteiger partial charge on any atom is 0.137 e. The summed E-state index contributed by atoms with van der Waals surface area (Å²) in [5.74, 6) is 5.11. The highest BCUT2D eigenvalue weighted by Crippen LogP contribution is 2.64. The van der Waals surface area contributed by atoms with E-state index in [2.05, 4.69) is 51.1 Å². The number of ketones is 1. The second-order valence-corrected chi connectivity index (χ2v) is 12.3. The lowest BCUT2D eigenvalue weighted by atomic mass is 9.49. The van der Waals surface area contributed by atoms with E-state index >= 15 is 0 Å². The highest BCUT2D eigenvalue weighted by atomic mass is 16.3. The normalized spacial score (nSPS) is 45.3. The second-order valence-electron chi connectivity index (χ2n) is 12.3. The SMILES string of the molecule is C[C@H](CC(=O)[C@H]1CC[C@H]2[C@@H]3CC[C@@H]4C[C@](C)(O)CC[C@@H]4[C@H]3CC[C@]12C)c1ccccc1. The topological polar surface area (TPSA) is 37.3 Å². The van der Waals surface area contributed by atoms with Crippen LogP contribution in [0.1, 0.15) is 96.5 Å². The van der Waals surface area contributed by atoms with Crippen LogP contribution < -0.4 is 0 Å². The van der Waals surface area contributed by atoms with Crippen LogP contribution in [0.25, 0.3) is 0 Å². The molecule has 9 atom stereocenters. The van der Waals surface area contributed by atoms with Gasteiger partial charge in [0.15, 0.2) is 0 Å². The van der Waals surface area contributed by atoms with E-state index in [9.17, 15) is 9.90 Å². The molecule has 4 saturated carbocycles. The first-order chi connectivity index (χ1) is 14.8. The Morgan fingerprint density at radius 2 is 1.71 bits per heavy atom. The molecule has 1 aromatic rings. The number of Topliss-reactive ketones (excluding diaryl/α,β-unsaturated/α-hetero) is 1. The van der Waals surface area contributed by atoms with Gasteiger partial charge in [0.2, 0.25) is 0 Å². The Bertz CT molecular complexity index is 798. The zero-order chi connectivity index (χ0) is 21.8.